The van der Waals surface area contributed by atoms with Crippen LogP contribution in [-0.4, -0.2) is 6.54 Å². The second-order valence-electron chi connectivity index (χ2n) is 2.35. The molecule has 0 spiro atoms. The van der Waals surface area contributed by atoms with Gasteiger partial charge in [-0.05, 0) is 24.8 Å². The van der Waals surface area contributed by atoms with Gasteiger partial charge in [-0.25, -0.2) is 0 Å². The van der Waals surface area contributed by atoms with E-state index in [1.165, 1.54) is 6.42 Å². The molecule has 1 fully saturated rings. The summed E-state index contributed by atoms with van der Waals surface area (Å²) in [6.45, 7) is 0.770. The second kappa shape index (κ2) is 2.15. The molecule has 1 saturated carbocycles. The van der Waals surface area contributed by atoms with Crippen LogP contribution in [0.5, 0.6) is 0 Å². The summed E-state index contributed by atoms with van der Waals surface area (Å²) in [5.41, 5.74) is 5.35. The number of hydrogen-bond acceptors (Lipinski definition) is 2. The van der Waals surface area contributed by atoms with Gasteiger partial charge in [-0.2, -0.15) is 5.26 Å². The molecule has 2 atom stereocenters. The fraction of sp³-hybridized carbons (Fsp3) is 0.833. The van der Waals surface area contributed by atoms with Crippen LogP contribution in [-0.2, 0) is 0 Å². The quantitative estimate of drug-likeness (QED) is 0.562. The highest BCUT2D eigenvalue weighted by Crippen LogP contribution is 2.39. The molecule has 0 heterocycles. The lowest BCUT2D eigenvalue weighted by molar-refractivity contribution is 0.722. The molecule has 1 rings (SSSR count). The summed E-state index contributed by atoms with van der Waals surface area (Å²) >= 11 is 0. The maximum atomic E-state index is 8.20. The third-order valence-electron chi connectivity index (χ3n) is 1.73. The summed E-state index contributed by atoms with van der Waals surface area (Å²) in [6.07, 6.45) is 1.89. The maximum absolute atomic E-state index is 8.20. The zero-order valence-electron chi connectivity index (χ0n) is 4.80. The molecule has 8 heavy (non-hydrogen) atoms. The van der Waals surface area contributed by atoms with Gasteiger partial charge in [-0.15, -0.1) is 0 Å². The predicted molar refractivity (Wildman–Crippen MR) is 30.9 cm³/mol. The lowest BCUT2D eigenvalue weighted by Gasteiger charge is -1.84. The van der Waals surface area contributed by atoms with Gasteiger partial charge in [0.25, 0.3) is 0 Å². The molecular weight excluding hydrogens is 100 g/mol. The van der Waals surface area contributed by atoms with Gasteiger partial charge >= 0.3 is 0 Å². The average Bonchev–Trinajstić information content (AvgIpc) is 2.48. The molecule has 0 aromatic carbocycles. The van der Waals surface area contributed by atoms with Crippen LogP contribution in [0.3, 0.4) is 0 Å². The second-order valence-corrected chi connectivity index (χ2v) is 2.35. The number of rotatable bonds is 2. The van der Waals surface area contributed by atoms with E-state index >= 15 is 0 Å². The van der Waals surface area contributed by atoms with Crippen LogP contribution >= 0.6 is 0 Å². The van der Waals surface area contributed by atoms with Crippen LogP contribution in [0.25, 0.3) is 0 Å². The van der Waals surface area contributed by atoms with Gasteiger partial charge in [-0.3, -0.25) is 0 Å². The Kier molecular flexibility index (Phi) is 1.50. The van der Waals surface area contributed by atoms with Crippen molar-refractivity contribution in [3.63, 3.8) is 0 Å². The van der Waals surface area contributed by atoms with Gasteiger partial charge in [0.15, 0.2) is 0 Å². The minimum atomic E-state index is 0.644. The Morgan fingerprint density at radius 2 is 2.38 bits per heavy atom. The van der Waals surface area contributed by atoms with Gasteiger partial charge in [-0.1, -0.05) is 0 Å². The van der Waals surface area contributed by atoms with Crippen molar-refractivity contribution in [3.05, 3.63) is 0 Å². The van der Waals surface area contributed by atoms with Gasteiger partial charge in [0.05, 0.1) is 6.07 Å². The average molecular weight is 110 g/mol. The molecular formula is C6H10N2. The van der Waals surface area contributed by atoms with E-state index in [-0.39, 0.29) is 0 Å². The largest absolute Gasteiger partial charge is 0.330 e. The van der Waals surface area contributed by atoms with Crippen molar-refractivity contribution in [2.75, 3.05) is 6.54 Å². The highest BCUT2D eigenvalue weighted by molar-refractivity contribution is 4.92. The van der Waals surface area contributed by atoms with Gasteiger partial charge in [0.2, 0.25) is 0 Å². The van der Waals surface area contributed by atoms with Crippen molar-refractivity contribution in [1.82, 2.24) is 0 Å². The Bertz CT molecular complexity index is 114. The highest BCUT2D eigenvalue weighted by Gasteiger charge is 2.34. The predicted octanol–water partition coefficient (Wildman–Crippen LogP) is 0.495. The Labute approximate surface area is 49.3 Å². The van der Waals surface area contributed by atoms with Crippen LogP contribution in [0.4, 0.5) is 0 Å². The molecule has 1 aliphatic carbocycles. The summed E-state index contributed by atoms with van der Waals surface area (Å²) in [7, 11) is 0. The minimum Gasteiger partial charge on any atom is -0.330 e. The first kappa shape index (κ1) is 5.58. The summed E-state index contributed by atoms with van der Waals surface area (Å²) in [5.74, 6) is 1.32. The lowest BCUT2D eigenvalue weighted by atomic mass is 10.2. The van der Waals surface area contributed by atoms with E-state index in [0.717, 1.165) is 6.54 Å². The first-order valence-corrected chi connectivity index (χ1v) is 2.95. The standard InChI is InChI=1S/C6H10N2/c7-2-1-5-3-6(5)4-8/h5-6H,1,3-4,8H2. The molecule has 0 aromatic rings. The van der Waals surface area contributed by atoms with Crippen molar-refractivity contribution < 1.29 is 0 Å². The molecule has 2 nitrogen and oxygen atoms in total. The summed E-state index contributed by atoms with van der Waals surface area (Å²) < 4.78 is 0. The highest BCUT2D eigenvalue weighted by atomic mass is 14.6. The molecule has 44 valence electrons. The smallest absolute Gasteiger partial charge is 0.0624 e. The third kappa shape index (κ3) is 0.988. The number of hydrogen-bond donors (Lipinski definition) is 1. The van der Waals surface area contributed by atoms with Crippen LogP contribution in [0.2, 0.25) is 0 Å². The maximum Gasteiger partial charge on any atom is 0.0624 e. The number of nitrogens with two attached hydrogens (primary N) is 1. The van der Waals surface area contributed by atoms with E-state index in [2.05, 4.69) is 6.07 Å². The van der Waals surface area contributed by atoms with Gasteiger partial charge in [0, 0.05) is 6.42 Å². The van der Waals surface area contributed by atoms with Crippen LogP contribution < -0.4 is 5.73 Å². The SMILES string of the molecule is N#CCC1CC1CN. The molecule has 0 saturated heterocycles. The normalized spacial score (nSPS) is 34.0. The Morgan fingerprint density at radius 1 is 1.62 bits per heavy atom. The van der Waals surface area contributed by atoms with Crippen LogP contribution in [0.1, 0.15) is 12.8 Å². The van der Waals surface area contributed by atoms with E-state index in [1.807, 2.05) is 0 Å². The molecule has 0 amide bonds. The van der Waals surface area contributed by atoms with E-state index in [4.69, 9.17) is 11.0 Å². The first-order valence-electron chi connectivity index (χ1n) is 2.95. The van der Waals surface area contributed by atoms with Crippen LogP contribution in [0.15, 0.2) is 0 Å². The molecule has 2 unspecified atom stereocenters. The Balaban J connectivity index is 2.10. The Hall–Kier alpha value is -0.550. The molecule has 0 radical (unpaired) electrons. The molecule has 0 bridgehead atoms. The lowest BCUT2D eigenvalue weighted by Crippen LogP contribution is -2.01. The van der Waals surface area contributed by atoms with Crippen molar-refractivity contribution in [1.29, 1.82) is 5.26 Å². The Morgan fingerprint density at radius 3 is 2.75 bits per heavy atom. The van der Waals surface area contributed by atoms with Gasteiger partial charge in [0.1, 0.15) is 0 Å². The summed E-state index contributed by atoms with van der Waals surface area (Å²) in [6, 6.07) is 2.14. The van der Waals surface area contributed by atoms with E-state index in [9.17, 15) is 0 Å². The van der Waals surface area contributed by atoms with Crippen molar-refractivity contribution in [3.8, 4) is 6.07 Å². The van der Waals surface area contributed by atoms with Gasteiger partial charge < -0.3 is 5.73 Å². The molecule has 1 aliphatic rings. The molecule has 0 aromatic heterocycles. The number of nitrogens with zero attached hydrogens (tertiary/aromatic N) is 1. The van der Waals surface area contributed by atoms with E-state index in [1.54, 1.807) is 0 Å². The third-order valence-corrected chi connectivity index (χ3v) is 1.73. The van der Waals surface area contributed by atoms with Crippen molar-refractivity contribution in [2.24, 2.45) is 17.6 Å². The zero-order chi connectivity index (χ0) is 5.98. The van der Waals surface area contributed by atoms with E-state index < -0.39 is 0 Å². The van der Waals surface area contributed by atoms with Crippen LogP contribution in [0, 0.1) is 23.2 Å². The fourth-order valence-electron chi connectivity index (χ4n) is 0.966. The van der Waals surface area contributed by atoms with E-state index in [0.29, 0.717) is 18.3 Å². The summed E-state index contributed by atoms with van der Waals surface area (Å²) in [5, 5.41) is 8.20. The minimum absolute atomic E-state index is 0.644. The molecule has 0 aliphatic heterocycles. The number of nitriles is 1. The monoisotopic (exact) mass is 110 g/mol. The first-order chi connectivity index (χ1) is 3.88. The fourth-order valence-corrected chi connectivity index (χ4v) is 0.966. The summed E-state index contributed by atoms with van der Waals surface area (Å²) in [4.78, 5) is 0. The molecule has 2 N–H and O–H groups in total. The topological polar surface area (TPSA) is 49.8 Å². The van der Waals surface area contributed by atoms with Crippen molar-refractivity contribution in [2.45, 2.75) is 12.8 Å². The molecule has 2 heteroatoms. The zero-order valence-corrected chi connectivity index (χ0v) is 4.80. The van der Waals surface area contributed by atoms with Crippen molar-refractivity contribution >= 4 is 0 Å².